The number of ether oxygens (including phenoxy) is 1. The Labute approximate surface area is 120 Å². The lowest BCUT2D eigenvalue weighted by molar-refractivity contribution is 0.415. The zero-order valence-corrected chi connectivity index (χ0v) is 12.7. The van der Waals surface area contributed by atoms with E-state index >= 15 is 0 Å². The molecule has 0 bridgehead atoms. The first-order valence-electron chi connectivity index (χ1n) is 6.94. The van der Waals surface area contributed by atoms with Gasteiger partial charge in [0.05, 0.1) is 12.8 Å². The van der Waals surface area contributed by atoms with Crippen molar-refractivity contribution in [1.29, 1.82) is 0 Å². The molecule has 2 atom stereocenters. The van der Waals surface area contributed by atoms with Crippen LogP contribution in [0.4, 0.5) is 5.69 Å². The van der Waals surface area contributed by atoms with Gasteiger partial charge in [0.2, 0.25) is 0 Å². The van der Waals surface area contributed by atoms with Gasteiger partial charge in [-0.1, -0.05) is 11.6 Å². The van der Waals surface area contributed by atoms with Crippen LogP contribution in [0.2, 0.25) is 5.02 Å². The Morgan fingerprint density at radius 1 is 1.53 bits per heavy atom. The van der Waals surface area contributed by atoms with Crippen LogP contribution < -0.4 is 15.4 Å². The summed E-state index contributed by atoms with van der Waals surface area (Å²) in [6, 6.07) is 4.98. The summed E-state index contributed by atoms with van der Waals surface area (Å²) < 4.78 is 5.39. The highest BCUT2D eigenvalue weighted by Gasteiger charge is 2.18. The van der Waals surface area contributed by atoms with Gasteiger partial charge in [0, 0.05) is 23.2 Å². The minimum absolute atomic E-state index is 0.407. The number of halogens is 1. The molecule has 2 unspecified atom stereocenters. The van der Waals surface area contributed by atoms with Crippen molar-refractivity contribution < 1.29 is 4.74 Å². The lowest BCUT2D eigenvalue weighted by Crippen LogP contribution is -2.29. The van der Waals surface area contributed by atoms with Crippen molar-refractivity contribution in [1.82, 2.24) is 5.32 Å². The summed E-state index contributed by atoms with van der Waals surface area (Å²) in [6.45, 7) is 5.38. The Morgan fingerprint density at radius 2 is 2.32 bits per heavy atom. The summed E-state index contributed by atoms with van der Waals surface area (Å²) in [6.07, 6.45) is 3.70. The highest BCUT2D eigenvalue weighted by atomic mass is 35.5. The molecule has 0 saturated carbocycles. The molecule has 0 spiro atoms. The maximum atomic E-state index is 6.12. The molecule has 0 aromatic heterocycles. The smallest absolute Gasteiger partial charge is 0.143 e. The fourth-order valence-electron chi connectivity index (χ4n) is 2.65. The van der Waals surface area contributed by atoms with E-state index in [2.05, 4.69) is 23.6 Å². The van der Waals surface area contributed by atoms with E-state index in [1.54, 1.807) is 7.11 Å². The molecule has 0 radical (unpaired) electrons. The molecule has 106 valence electrons. The van der Waals surface area contributed by atoms with Gasteiger partial charge in [-0.3, -0.25) is 0 Å². The number of anilines is 1. The predicted molar refractivity (Wildman–Crippen MR) is 81.5 cm³/mol. The third-order valence-electron chi connectivity index (χ3n) is 3.68. The van der Waals surface area contributed by atoms with E-state index in [0.29, 0.717) is 12.1 Å². The Kier molecular flexibility index (Phi) is 4.94. The van der Waals surface area contributed by atoms with Gasteiger partial charge >= 0.3 is 0 Å². The number of methoxy groups -OCH3 is 1. The third-order valence-corrected chi connectivity index (χ3v) is 4.09. The minimum atomic E-state index is 0.407. The summed E-state index contributed by atoms with van der Waals surface area (Å²) in [5.41, 5.74) is 2.09. The SMILES string of the molecule is COc1cc(Cl)c(C)cc1NC(C)CC1CCCN1. The maximum Gasteiger partial charge on any atom is 0.143 e. The van der Waals surface area contributed by atoms with Crippen molar-refractivity contribution in [2.75, 3.05) is 19.0 Å². The topological polar surface area (TPSA) is 33.3 Å². The van der Waals surface area contributed by atoms with Crippen LogP contribution >= 0.6 is 11.6 Å². The van der Waals surface area contributed by atoms with Crippen molar-refractivity contribution in [3.8, 4) is 5.75 Å². The Hall–Kier alpha value is -0.930. The molecule has 0 amide bonds. The van der Waals surface area contributed by atoms with Crippen LogP contribution in [0.3, 0.4) is 0 Å². The summed E-state index contributed by atoms with van der Waals surface area (Å²) >= 11 is 6.12. The van der Waals surface area contributed by atoms with Crippen molar-refractivity contribution >= 4 is 17.3 Å². The van der Waals surface area contributed by atoms with Crippen molar-refractivity contribution in [2.24, 2.45) is 0 Å². The van der Waals surface area contributed by atoms with E-state index in [-0.39, 0.29) is 0 Å². The first-order chi connectivity index (χ1) is 9.10. The number of nitrogens with one attached hydrogen (secondary N) is 2. The second-order valence-electron chi connectivity index (χ2n) is 5.38. The first kappa shape index (κ1) is 14.5. The molecular formula is C15H23ClN2O. The molecule has 1 aromatic rings. The zero-order chi connectivity index (χ0) is 13.8. The average Bonchev–Trinajstić information content (AvgIpc) is 2.86. The lowest BCUT2D eigenvalue weighted by Gasteiger charge is -2.21. The molecular weight excluding hydrogens is 260 g/mol. The van der Waals surface area contributed by atoms with E-state index < -0.39 is 0 Å². The van der Waals surface area contributed by atoms with Gasteiger partial charge in [-0.2, -0.15) is 0 Å². The fraction of sp³-hybridized carbons (Fsp3) is 0.600. The molecule has 2 rings (SSSR count). The number of hydrogen-bond acceptors (Lipinski definition) is 3. The lowest BCUT2D eigenvalue weighted by atomic mass is 10.1. The van der Waals surface area contributed by atoms with Gasteiger partial charge in [0.15, 0.2) is 0 Å². The molecule has 1 heterocycles. The maximum absolute atomic E-state index is 6.12. The number of hydrogen-bond donors (Lipinski definition) is 2. The molecule has 3 nitrogen and oxygen atoms in total. The van der Waals surface area contributed by atoms with Crippen LogP contribution in [-0.4, -0.2) is 25.7 Å². The molecule has 1 fully saturated rings. The molecule has 0 aliphatic carbocycles. The van der Waals surface area contributed by atoms with E-state index in [1.807, 2.05) is 13.0 Å². The number of aryl methyl sites for hydroxylation is 1. The third kappa shape index (κ3) is 3.77. The summed E-state index contributed by atoms with van der Waals surface area (Å²) in [4.78, 5) is 0. The number of benzene rings is 1. The Morgan fingerprint density at radius 3 is 2.95 bits per heavy atom. The zero-order valence-electron chi connectivity index (χ0n) is 11.9. The Bertz CT molecular complexity index is 430. The van der Waals surface area contributed by atoms with Gasteiger partial charge < -0.3 is 15.4 Å². The van der Waals surface area contributed by atoms with E-state index in [4.69, 9.17) is 16.3 Å². The van der Waals surface area contributed by atoms with Crippen molar-refractivity contribution in [2.45, 2.75) is 45.2 Å². The minimum Gasteiger partial charge on any atom is -0.495 e. The first-order valence-corrected chi connectivity index (χ1v) is 7.32. The monoisotopic (exact) mass is 282 g/mol. The van der Waals surface area contributed by atoms with E-state index in [1.165, 1.54) is 12.8 Å². The number of rotatable bonds is 5. The standard InChI is InChI=1S/C15H23ClN2O/c1-10-7-14(15(19-3)9-13(10)16)18-11(2)8-12-5-4-6-17-12/h7,9,11-12,17-18H,4-6,8H2,1-3H3. The second kappa shape index (κ2) is 6.49. The van der Waals surface area contributed by atoms with Crippen molar-refractivity contribution in [3.63, 3.8) is 0 Å². The van der Waals surface area contributed by atoms with Gasteiger partial charge in [-0.25, -0.2) is 0 Å². The van der Waals surface area contributed by atoms with Gasteiger partial charge in [-0.05, 0) is 51.3 Å². The Balaban J connectivity index is 2.02. The van der Waals surface area contributed by atoms with Gasteiger partial charge in [-0.15, -0.1) is 0 Å². The van der Waals surface area contributed by atoms with Crippen LogP contribution in [0.5, 0.6) is 5.75 Å². The molecule has 1 aliphatic heterocycles. The highest BCUT2D eigenvalue weighted by molar-refractivity contribution is 6.31. The molecule has 2 N–H and O–H groups in total. The normalized spacial score (nSPS) is 20.3. The van der Waals surface area contributed by atoms with Gasteiger partial charge in [0.1, 0.15) is 5.75 Å². The summed E-state index contributed by atoms with van der Waals surface area (Å²) in [5, 5.41) is 7.81. The quantitative estimate of drug-likeness (QED) is 0.866. The second-order valence-corrected chi connectivity index (χ2v) is 5.78. The van der Waals surface area contributed by atoms with Crippen LogP contribution in [0, 0.1) is 6.92 Å². The molecule has 4 heteroatoms. The average molecular weight is 283 g/mol. The van der Waals surface area contributed by atoms with Crippen molar-refractivity contribution in [3.05, 3.63) is 22.7 Å². The van der Waals surface area contributed by atoms with Crippen LogP contribution in [-0.2, 0) is 0 Å². The molecule has 1 aliphatic rings. The van der Waals surface area contributed by atoms with E-state index in [0.717, 1.165) is 35.0 Å². The van der Waals surface area contributed by atoms with Crippen LogP contribution in [0.1, 0.15) is 31.7 Å². The van der Waals surface area contributed by atoms with E-state index in [9.17, 15) is 0 Å². The summed E-state index contributed by atoms with van der Waals surface area (Å²) in [7, 11) is 1.68. The molecule has 1 saturated heterocycles. The van der Waals surface area contributed by atoms with Crippen LogP contribution in [0.15, 0.2) is 12.1 Å². The fourth-order valence-corrected chi connectivity index (χ4v) is 2.81. The summed E-state index contributed by atoms with van der Waals surface area (Å²) in [5.74, 6) is 0.807. The molecule has 1 aromatic carbocycles. The predicted octanol–water partition coefficient (Wildman–Crippen LogP) is 3.60. The van der Waals surface area contributed by atoms with Gasteiger partial charge in [0.25, 0.3) is 0 Å². The molecule has 19 heavy (non-hydrogen) atoms. The highest BCUT2D eigenvalue weighted by Crippen LogP contribution is 2.31. The van der Waals surface area contributed by atoms with Crippen LogP contribution in [0.25, 0.3) is 0 Å². The largest absolute Gasteiger partial charge is 0.495 e.